The summed E-state index contributed by atoms with van der Waals surface area (Å²) < 4.78 is 4.65. The minimum atomic E-state index is -0.421. The molecule has 1 aliphatic rings. The molecule has 2 rings (SSSR count). The number of benzene rings is 1. The molecule has 0 aromatic heterocycles. The van der Waals surface area contributed by atoms with Crippen LogP contribution in [-0.2, 0) is 14.3 Å². The fourth-order valence-electron chi connectivity index (χ4n) is 2.48. The molecule has 1 saturated heterocycles. The summed E-state index contributed by atoms with van der Waals surface area (Å²) >= 11 is 0. The van der Waals surface area contributed by atoms with Crippen LogP contribution >= 0.6 is 0 Å². The Hall–Kier alpha value is -2.37. The molecule has 1 aliphatic heterocycles. The van der Waals surface area contributed by atoms with E-state index in [1.807, 2.05) is 13.8 Å². The third-order valence-electron chi connectivity index (χ3n) is 3.78. The van der Waals surface area contributed by atoms with E-state index in [0.29, 0.717) is 30.3 Å². The van der Waals surface area contributed by atoms with Gasteiger partial charge in [-0.3, -0.25) is 9.59 Å². The summed E-state index contributed by atoms with van der Waals surface area (Å²) in [5, 5.41) is 2.87. The molecule has 1 atom stereocenters. The molecule has 1 heterocycles. The number of amides is 2. The Balaban J connectivity index is 2.02. The number of carbonyl (C=O) groups is 3. The molecule has 0 bridgehead atoms. The van der Waals surface area contributed by atoms with E-state index in [0.717, 1.165) is 0 Å². The van der Waals surface area contributed by atoms with Gasteiger partial charge in [-0.2, -0.15) is 0 Å². The minimum Gasteiger partial charge on any atom is -0.465 e. The molecule has 6 nitrogen and oxygen atoms in total. The second kappa shape index (κ2) is 7.26. The van der Waals surface area contributed by atoms with Crippen LogP contribution in [0.25, 0.3) is 0 Å². The molecule has 6 heteroatoms. The maximum Gasteiger partial charge on any atom is 0.337 e. The van der Waals surface area contributed by atoms with Gasteiger partial charge in [0.2, 0.25) is 11.8 Å². The van der Waals surface area contributed by atoms with Crippen molar-refractivity contribution < 1.29 is 19.1 Å². The van der Waals surface area contributed by atoms with Crippen LogP contribution in [0.2, 0.25) is 0 Å². The first-order valence-electron chi connectivity index (χ1n) is 7.68. The van der Waals surface area contributed by atoms with E-state index in [2.05, 4.69) is 10.1 Å². The molecule has 23 heavy (non-hydrogen) atoms. The molecule has 0 saturated carbocycles. The van der Waals surface area contributed by atoms with Crippen LogP contribution in [0.3, 0.4) is 0 Å². The Kier molecular flexibility index (Phi) is 5.36. The Morgan fingerprint density at radius 2 is 1.96 bits per heavy atom. The van der Waals surface area contributed by atoms with Gasteiger partial charge in [-0.15, -0.1) is 0 Å². The average molecular weight is 318 g/mol. The number of methoxy groups -OCH3 is 1. The molecule has 1 aromatic carbocycles. The van der Waals surface area contributed by atoms with E-state index in [9.17, 15) is 14.4 Å². The average Bonchev–Trinajstić information content (AvgIpc) is 2.94. The molecule has 124 valence electrons. The predicted molar refractivity (Wildman–Crippen MR) is 86.1 cm³/mol. The van der Waals surface area contributed by atoms with E-state index in [1.165, 1.54) is 7.11 Å². The number of carbonyl (C=O) groups excluding carboxylic acids is 3. The van der Waals surface area contributed by atoms with Gasteiger partial charge in [-0.1, -0.05) is 13.8 Å². The van der Waals surface area contributed by atoms with E-state index in [4.69, 9.17) is 0 Å². The zero-order chi connectivity index (χ0) is 17.0. The number of hydrogen-bond donors (Lipinski definition) is 1. The van der Waals surface area contributed by atoms with Gasteiger partial charge in [0.1, 0.15) is 0 Å². The Labute approximate surface area is 135 Å². The summed E-state index contributed by atoms with van der Waals surface area (Å²) in [7, 11) is 1.32. The Morgan fingerprint density at radius 3 is 2.52 bits per heavy atom. The van der Waals surface area contributed by atoms with E-state index in [-0.39, 0.29) is 24.2 Å². The monoisotopic (exact) mass is 318 g/mol. The van der Waals surface area contributed by atoms with Gasteiger partial charge in [0.15, 0.2) is 0 Å². The van der Waals surface area contributed by atoms with Crippen molar-refractivity contribution in [2.45, 2.75) is 20.3 Å². The standard InChI is InChI=1S/C17H22N2O4/c1-11(2)9-18-16(21)13-8-15(20)19(10-13)14-6-4-12(5-7-14)17(22)23-3/h4-7,11,13H,8-10H2,1-3H3,(H,18,21). The van der Waals surface area contributed by atoms with E-state index >= 15 is 0 Å². The lowest BCUT2D eigenvalue weighted by atomic mass is 10.1. The zero-order valence-electron chi connectivity index (χ0n) is 13.7. The quantitative estimate of drug-likeness (QED) is 0.837. The topological polar surface area (TPSA) is 75.7 Å². The summed E-state index contributed by atoms with van der Waals surface area (Å²) in [6, 6.07) is 6.61. The smallest absolute Gasteiger partial charge is 0.337 e. The van der Waals surface area contributed by atoms with E-state index < -0.39 is 5.97 Å². The molecule has 2 amide bonds. The SMILES string of the molecule is COC(=O)c1ccc(N2CC(C(=O)NCC(C)C)CC2=O)cc1. The maximum atomic E-state index is 12.2. The van der Waals surface area contributed by atoms with Gasteiger partial charge in [0, 0.05) is 25.2 Å². The highest BCUT2D eigenvalue weighted by Crippen LogP contribution is 2.25. The third kappa shape index (κ3) is 4.09. The number of anilines is 1. The fraction of sp³-hybridized carbons (Fsp3) is 0.471. The van der Waals surface area contributed by atoms with Gasteiger partial charge in [-0.05, 0) is 30.2 Å². The lowest BCUT2D eigenvalue weighted by molar-refractivity contribution is -0.126. The Bertz CT molecular complexity index is 595. The first-order valence-corrected chi connectivity index (χ1v) is 7.68. The minimum absolute atomic E-state index is 0.0827. The largest absolute Gasteiger partial charge is 0.465 e. The van der Waals surface area contributed by atoms with Crippen molar-refractivity contribution >= 4 is 23.5 Å². The first kappa shape index (κ1) is 17.0. The van der Waals surface area contributed by atoms with Gasteiger partial charge in [0.25, 0.3) is 0 Å². The van der Waals surface area contributed by atoms with Crippen LogP contribution in [0.4, 0.5) is 5.69 Å². The zero-order valence-corrected chi connectivity index (χ0v) is 13.7. The normalized spacial score (nSPS) is 17.5. The van der Waals surface area contributed by atoms with Crippen LogP contribution in [0.15, 0.2) is 24.3 Å². The molecule has 1 fully saturated rings. The highest BCUT2D eigenvalue weighted by Gasteiger charge is 2.35. The van der Waals surface area contributed by atoms with Crippen molar-refractivity contribution in [3.05, 3.63) is 29.8 Å². The highest BCUT2D eigenvalue weighted by atomic mass is 16.5. The molecular formula is C17H22N2O4. The molecule has 0 radical (unpaired) electrons. The predicted octanol–water partition coefficient (Wildman–Crippen LogP) is 1.60. The van der Waals surface area contributed by atoms with Gasteiger partial charge in [-0.25, -0.2) is 4.79 Å². The number of nitrogens with zero attached hydrogens (tertiary/aromatic N) is 1. The summed E-state index contributed by atoms with van der Waals surface area (Å²) in [5.41, 5.74) is 1.11. The molecule has 0 aliphatic carbocycles. The molecule has 1 N–H and O–H groups in total. The van der Waals surface area contributed by atoms with Gasteiger partial charge < -0.3 is 15.0 Å². The molecule has 1 unspecified atom stereocenters. The summed E-state index contributed by atoms with van der Waals surface area (Å²) in [4.78, 5) is 37.3. The number of rotatable bonds is 5. The fourth-order valence-corrected chi connectivity index (χ4v) is 2.48. The molecular weight excluding hydrogens is 296 g/mol. The first-order chi connectivity index (χ1) is 10.9. The number of nitrogens with one attached hydrogen (secondary N) is 1. The van der Waals surface area contributed by atoms with Gasteiger partial charge >= 0.3 is 5.97 Å². The van der Waals surface area contributed by atoms with Crippen LogP contribution < -0.4 is 10.2 Å². The van der Waals surface area contributed by atoms with Crippen molar-refractivity contribution in [2.24, 2.45) is 11.8 Å². The maximum absolute atomic E-state index is 12.2. The van der Waals surface area contributed by atoms with Crippen molar-refractivity contribution in [1.82, 2.24) is 5.32 Å². The van der Waals surface area contributed by atoms with Crippen molar-refractivity contribution in [3.8, 4) is 0 Å². The molecule has 1 aromatic rings. The summed E-state index contributed by atoms with van der Waals surface area (Å²) in [6.07, 6.45) is 0.211. The van der Waals surface area contributed by atoms with Crippen molar-refractivity contribution in [3.63, 3.8) is 0 Å². The van der Waals surface area contributed by atoms with Crippen LogP contribution in [0, 0.1) is 11.8 Å². The summed E-state index contributed by atoms with van der Waals surface area (Å²) in [5.74, 6) is -0.545. The second-order valence-corrected chi connectivity index (χ2v) is 6.08. The van der Waals surface area contributed by atoms with Crippen LogP contribution in [0.5, 0.6) is 0 Å². The van der Waals surface area contributed by atoms with Crippen LogP contribution in [0.1, 0.15) is 30.6 Å². The Morgan fingerprint density at radius 1 is 1.30 bits per heavy atom. The lowest BCUT2D eigenvalue weighted by Gasteiger charge is -2.17. The molecule has 0 spiro atoms. The number of esters is 1. The third-order valence-corrected chi connectivity index (χ3v) is 3.78. The van der Waals surface area contributed by atoms with Crippen molar-refractivity contribution in [1.29, 1.82) is 0 Å². The number of ether oxygens (including phenoxy) is 1. The second-order valence-electron chi connectivity index (χ2n) is 6.08. The van der Waals surface area contributed by atoms with E-state index in [1.54, 1.807) is 29.2 Å². The highest BCUT2D eigenvalue weighted by molar-refractivity contribution is 6.00. The lowest BCUT2D eigenvalue weighted by Crippen LogP contribution is -2.35. The summed E-state index contributed by atoms with van der Waals surface area (Å²) in [6.45, 7) is 5.02. The number of hydrogen-bond acceptors (Lipinski definition) is 4. The van der Waals surface area contributed by atoms with Crippen molar-refractivity contribution in [2.75, 3.05) is 25.1 Å². The van der Waals surface area contributed by atoms with Crippen LogP contribution in [-0.4, -0.2) is 38.0 Å². The van der Waals surface area contributed by atoms with Gasteiger partial charge in [0.05, 0.1) is 18.6 Å².